The van der Waals surface area contributed by atoms with Crippen molar-refractivity contribution in [2.75, 3.05) is 5.01 Å². The van der Waals surface area contributed by atoms with Crippen molar-refractivity contribution in [1.29, 1.82) is 0 Å². The monoisotopic (exact) mass is 456 g/mol. The molecule has 164 valence electrons. The first-order valence-electron chi connectivity index (χ1n) is 7.69. The summed E-state index contributed by atoms with van der Waals surface area (Å²) in [4.78, 5) is 0. The highest BCUT2D eigenvalue weighted by Crippen LogP contribution is 2.38. The lowest BCUT2D eigenvalue weighted by molar-refractivity contribution is -0.143. The van der Waals surface area contributed by atoms with Gasteiger partial charge >= 0.3 is 22.7 Å². The van der Waals surface area contributed by atoms with E-state index >= 15 is 0 Å². The van der Waals surface area contributed by atoms with Crippen molar-refractivity contribution in [2.45, 2.75) is 12.4 Å². The van der Waals surface area contributed by atoms with Crippen molar-refractivity contribution in [2.24, 2.45) is 16.7 Å². The fourth-order valence-corrected chi connectivity index (χ4v) is 2.60. The molecule has 0 bridgehead atoms. The molecule has 0 aliphatic rings. The number of nitrogens with two attached hydrogens (primary N) is 3. The fourth-order valence-electron chi connectivity index (χ4n) is 2.22. The van der Waals surface area contributed by atoms with E-state index in [2.05, 4.69) is 4.18 Å². The van der Waals surface area contributed by atoms with E-state index < -0.39 is 39.5 Å². The Labute approximate surface area is 166 Å². The van der Waals surface area contributed by atoms with E-state index in [9.17, 15) is 34.8 Å². The van der Waals surface area contributed by atoms with Gasteiger partial charge < -0.3 is 9.92 Å². The summed E-state index contributed by atoms with van der Waals surface area (Å²) in [5.74, 6) is 5.45. The van der Waals surface area contributed by atoms with Gasteiger partial charge in [0.2, 0.25) is 0 Å². The van der Waals surface area contributed by atoms with Gasteiger partial charge in [-0.1, -0.05) is 0 Å². The average molecular weight is 456 g/mol. The number of alkyl halides is 6. The van der Waals surface area contributed by atoms with Gasteiger partial charge in [-0.25, -0.2) is 5.84 Å². The van der Waals surface area contributed by atoms with E-state index in [4.69, 9.17) is 16.7 Å². The van der Waals surface area contributed by atoms with E-state index in [1.165, 1.54) is 24.3 Å². The van der Waals surface area contributed by atoms with Gasteiger partial charge in [0.05, 0.1) is 22.5 Å². The van der Waals surface area contributed by atoms with Crippen LogP contribution in [0.2, 0.25) is 0 Å². The highest BCUT2D eigenvalue weighted by molar-refractivity contribution is 7.84. The first kappa shape index (κ1) is 23.3. The molecule has 0 spiro atoms. The lowest BCUT2D eigenvalue weighted by atomic mass is 10.1. The Morgan fingerprint density at radius 2 is 1.40 bits per heavy atom. The van der Waals surface area contributed by atoms with Gasteiger partial charge in [-0.15, -0.1) is 0 Å². The number of anilines is 1. The zero-order valence-corrected chi connectivity index (χ0v) is 15.5. The molecule has 0 heterocycles. The molecule has 30 heavy (non-hydrogen) atoms. The molecule has 7 nitrogen and oxygen atoms in total. The number of nitrogens with zero attached hydrogens (tertiary/aromatic N) is 1. The average Bonchev–Trinajstić information content (AvgIpc) is 2.59. The zero-order chi connectivity index (χ0) is 22.9. The Morgan fingerprint density at radius 3 is 1.80 bits per heavy atom. The quantitative estimate of drug-likeness (QED) is 0.361. The number of hydrazine groups is 1. The van der Waals surface area contributed by atoms with Gasteiger partial charge in [0.1, 0.15) is 5.75 Å². The highest BCUT2D eigenvalue weighted by Gasteiger charge is 2.37. The molecule has 0 saturated carbocycles. The molecule has 0 unspecified atom stereocenters. The van der Waals surface area contributed by atoms with E-state index in [-0.39, 0.29) is 23.1 Å². The molecule has 2 rings (SSSR count). The van der Waals surface area contributed by atoms with E-state index in [0.29, 0.717) is 17.1 Å². The first-order valence-corrected chi connectivity index (χ1v) is 9.17. The lowest BCUT2D eigenvalue weighted by Gasteiger charge is -2.19. The van der Waals surface area contributed by atoms with Crippen LogP contribution in [-0.2, 0) is 22.7 Å². The van der Waals surface area contributed by atoms with E-state index in [1.807, 2.05) is 0 Å². The summed E-state index contributed by atoms with van der Waals surface area (Å²) in [5, 5.41) is 5.21. The van der Waals surface area contributed by atoms with Crippen LogP contribution < -0.4 is 25.9 Å². The maximum Gasteiger partial charge on any atom is 0.416 e. The molecule has 6 N–H and O–H groups in total. The molecule has 0 atom stereocenters. The largest absolute Gasteiger partial charge is 0.416 e. The second-order valence-electron chi connectivity index (χ2n) is 5.86. The topological polar surface area (TPSA) is 125 Å². The smallest absolute Gasteiger partial charge is 0.397 e. The van der Waals surface area contributed by atoms with Gasteiger partial charge in [0.15, 0.2) is 0 Å². The van der Waals surface area contributed by atoms with Crippen LogP contribution in [0, 0.1) is 0 Å². The van der Waals surface area contributed by atoms with Gasteiger partial charge in [-0.2, -0.15) is 39.9 Å². The number of hydrogen-bond acceptors (Lipinski definition) is 6. The van der Waals surface area contributed by atoms with Crippen molar-refractivity contribution in [1.82, 2.24) is 0 Å². The third kappa shape index (κ3) is 6.27. The molecular weight excluding hydrogens is 442 g/mol. The van der Waals surface area contributed by atoms with Crippen molar-refractivity contribution in [3.8, 4) is 5.75 Å². The molecule has 0 saturated heterocycles. The van der Waals surface area contributed by atoms with Crippen molar-refractivity contribution in [3.63, 3.8) is 0 Å². The van der Waals surface area contributed by atoms with Crippen LogP contribution in [0.5, 0.6) is 5.75 Å². The van der Waals surface area contributed by atoms with Gasteiger partial charge in [-0.05, 0) is 48.0 Å². The number of rotatable bonds is 5. The van der Waals surface area contributed by atoms with Crippen LogP contribution in [0.25, 0.3) is 5.70 Å². The summed E-state index contributed by atoms with van der Waals surface area (Å²) in [6, 6.07) is 5.72. The van der Waals surface area contributed by atoms with Crippen LogP contribution in [-0.4, -0.2) is 8.42 Å². The third-order valence-electron chi connectivity index (χ3n) is 3.55. The number of halogens is 6. The molecule has 2 aromatic rings. The summed E-state index contributed by atoms with van der Waals surface area (Å²) in [5.41, 5.74) is 2.14. The molecule has 0 amide bonds. The van der Waals surface area contributed by atoms with Gasteiger partial charge in [0.25, 0.3) is 0 Å². The summed E-state index contributed by atoms with van der Waals surface area (Å²) in [6.45, 7) is 0. The first-order chi connectivity index (χ1) is 13.6. The van der Waals surface area contributed by atoms with Crippen LogP contribution >= 0.6 is 0 Å². The maximum atomic E-state index is 13.0. The lowest BCUT2D eigenvalue weighted by Crippen LogP contribution is -2.27. The second kappa shape index (κ2) is 8.04. The minimum absolute atomic E-state index is 0.0331. The third-order valence-corrected chi connectivity index (χ3v) is 3.97. The second-order valence-corrected chi connectivity index (χ2v) is 7.01. The van der Waals surface area contributed by atoms with Crippen LogP contribution in [0.3, 0.4) is 0 Å². The Kier molecular flexibility index (Phi) is 6.25. The zero-order valence-electron chi connectivity index (χ0n) is 14.7. The summed E-state index contributed by atoms with van der Waals surface area (Å²) < 4.78 is 104. The molecule has 0 aliphatic carbocycles. The van der Waals surface area contributed by atoms with E-state index in [0.717, 1.165) is 6.20 Å². The minimum atomic E-state index is -5.04. The molecule has 14 heteroatoms. The van der Waals surface area contributed by atoms with Crippen LogP contribution in [0.15, 0.2) is 48.7 Å². The molecule has 0 fully saturated rings. The predicted molar refractivity (Wildman–Crippen MR) is 95.5 cm³/mol. The minimum Gasteiger partial charge on any atom is -0.397 e. The normalized spacial score (nSPS) is 13.3. The molecular formula is C16H14F6N4O3S. The Morgan fingerprint density at radius 1 is 0.933 bits per heavy atom. The molecule has 0 radical (unpaired) electrons. The molecule has 0 aromatic heterocycles. The highest BCUT2D eigenvalue weighted by atomic mass is 32.2. The van der Waals surface area contributed by atoms with Gasteiger partial charge in [-0.3, -0.25) is 5.01 Å². The SMILES string of the molecule is N/C(=C\N(N)c1cc(C(F)(F)F)cc(C(F)(F)F)c1)c1ccc(OS(N)(=O)=O)cc1. The summed E-state index contributed by atoms with van der Waals surface area (Å²) >= 11 is 0. The number of hydrogen-bond donors (Lipinski definition) is 3. The van der Waals surface area contributed by atoms with Crippen LogP contribution in [0.4, 0.5) is 32.0 Å². The van der Waals surface area contributed by atoms with Gasteiger partial charge in [0, 0.05) is 6.20 Å². The number of benzene rings is 2. The standard InChI is InChI=1S/C16H14F6N4O3S/c17-15(18,19)10-5-11(16(20,21)22)7-12(6-10)26(24)8-14(23)9-1-3-13(4-2-9)29-30(25,27)28/h1-8H,23-24H2,(H2,25,27,28)/b14-8-. The van der Waals surface area contributed by atoms with Crippen molar-refractivity contribution < 1.29 is 38.9 Å². The van der Waals surface area contributed by atoms with Crippen molar-refractivity contribution in [3.05, 3.63) is 65.4 Å². The molecule has 0 aliphatic heterocycles. The molecule has 2 aromatic carbocycles. The Hall–Kier alpha value is -2.97. The maximum absolute atomic E-state index is 13.0. The summed E-state index contributed by atoms with van der Waals surface area (Å²) in [6.07, 6.45) is -9.18. The van der Waals surface area contributed by atoms with E-state index in [1.54, 1.807) is 0 Å². The predicted octanol–water partition coefficient (Wildman–Crippen LogP) is 2.94. The van der Waals surface area contributed by atoms with Crippen LogP contribution in [0.1, 0.15) is 16.7 Å². The Bertz CT molecular complexity index is 1020. The Balaban J connectivity index is 2.37. The summed E-state index contributed by atoms with van der Waals surface area (Å²) in [7, 11) is -4.26. The van der Waals surface area contributed by atoms with Crippen molar-refractivity contribution >= 4 is 21.7 Å². The fraction of sp³-hybridized carbons (Fsp3) is 0.125.